The molecule has 1 atom stereocenters. The van der Waals surface area contributed by atoms with Gasteiger partial charge in [-0.1, -0.05) is 24.3 Å². The molecule has 0 aromatic heterocycles. The van der Waals surface area contributed by atoms with Crippen molar-refractivity contribution in [1.29, 1.82) is 0 Å². The minimum Gasteiger partial charge on any atom is -0.353 e. The van der Waals surface area contributed by atoms with E-state index >= 15 is 0 Å². The highest BCUT2D eigenvalue weighted by molar-refractivity contribution is 5.76. The molecule has 3 rings (SSSR count). The number of nitrogens with zero attached hydrogens (tertiary/aromatic N) is 1. The summed E-state index contributed by atoms with van der Waals surface area (Å²) < 4.78 is 0. The second-order valence-corrected chi connectivity index (χ2v) is 5.83. The van der Waals surface area contributed by atoms with Gasteiger partial charge in [-0.3, -0.25) is 9.69 Å². The summed E-state index contributed by atoms with van der Waals surface area (Å²) in [6.45, 7) is 0.845. The summed E-state index contributed by atoms with van der Waals surface area (Å²) in [7, 11) is 2.14. The Balaban J connectivity index is 1.53. The van der Waals surface area contributed by atoms with Crippen LogP contribution in [0.1, 0.15) is 42.9 Å². The molecule has 0 radical (unpaired) electrons. The SMILES string of the molecule is CN(CCC(=O)NC1CC1)[C@H]1CCc2ccccc21. The van der Waals surface area contributed by atoms with Crippen LogP contribution in [0.15, 0.2) is 24.3 Å². The first kappa shape index (κ1) is 12.7. The lowest BCUT2D eigenvalue weighted by molar-refractivity contribution is -0.121. The first-order valence-electron chi connectivity index (χ1n) is 7.31. The Hall–Kier alpha value is -1.35. The van der Waals surface area contributed by atoms with Gasteiger partial charge >= 0.3 is 0 Å². The monoisotopic (exact) mass is 258 g/mol. The first-order chi connectivity index (χ1) is 9.24. The highest BCUT2D eigenvalue weighted by atomic mass is 16.1. The minimum atomic E-state index is 0.209. The lowest BCUT2D eigenvalue weighted by atomic mass is 10.1. The molecule has 1 fully saturated rings. The molecule has 0 unspecified atom stereocenters. The Kier molecular flexibility index (Phi) is 3.56. The third-order valence-electron chi connectivity index (χ3n) is 4.27. The molecule has 0 bridgehead atoms. The molecule has 19 heavy (non-hydrogen) atoms. The summed E-state index contributed by atoms with van der Waals surface area (Å²) in [5.41, 5.74) is 2.93. The molecule has 1 amide bonds. The van der Waals surface area contributed by atoms with Gasteiger partial charge in [-0.15, -0.1) is 0 Å². The van der Waals surface area contributed by atoms with Gasteiger partial charge in [-0.25, -0.2) is 0 Å². The topological polar surface area (TPSA) is 32.3 Å². The third-order valence-corrected chi connectivity index (χ3v) is 4.27. The molecule has 1 aromatic rings. The van der Waals surface area contributed by atoms with Gasteiger partial charge in [-0.05, 0) is 43.9 Å². The molecule has 0 heterocycles. The van der Waals surface area contributed by atoms with Crippen LogP contribution in [0.25, 0.3) is 0 Å². The van der Waals surface area contributed by atoms with Crippen molar-refractivity contribution in [2.45, 2.75) is 44.2 Å². The highest BCUT2D eigenvalue weighted by Gasteiger charge is 2.26. The normalized spacial score (nSPS) is 21.5. The Bertz CT molecular complexity index is 468. The summed E-state index contributed by atoms with van der Waals surface area (Å²) in [5.74, 6) is 0.209. The van der Waals surface area contributed by atoms with Gasteiger partial charge < -0.3 is 5.32 Å². The molecular formula is C16H22N2O. The fraction of sp³-hybridized carbons (Fsp3) is 0.562. The molecule has 102 valence electrons. The lowest BCUT2D eigenvalue weighted by Crippen LogP contribution is -2.31. The van der Waals surface area contributed by atoms with E-state index in [-0.39, 0.29) is 5.91 Å². The van der Waals surface area contributed by atoms with Crippen LogP contribution in [0, 0.1) is 0 Å². The fourth-order valence-electron chi connectivity index (χ4n) is 2.95. The molecule has 2 aliphatic carbocycles. The Morgan fingerprint density at radius 2 is 2.11 bits per heavy atom. The zero-order valence-corrected chi connectivity index (χ0v) is 11.6. The first-order valence-corrected chi connectivity index (χ1v) is 7.31. The lowest BCUT2D eigenvalue weighted by Gasteiger charge is -2.25. The number of amides is 1. The Morgan fingerprint density at radius 3 is 2.89 bits per heavy atom. The predicted molar refractivity (Wildman–Crippen MR) is 75.9 cm³/mol. The van der Waals surface area contributed by atoms with E-state index < -0.39 is 0 Å². The van der Waals surface area contributed by atoms with E-state index in [1.165, 1.54) is 24.0 Å². The van der Waals surface area contributed by atoms with Gasteiger partial charge in [0.25, 0.3) is 0 Å². The fourth-order valence-corrected chi connectivity index (χ4v) is 2.95. The zero-order chi connectivity index (χ0) is 13.2. The number of fused-ring (bicyclic) bond motifs is 1. The van der Waals surface area contributed by atoms with Crippen molar-refractivity contribution in [2.24, 2.45) is 0 Å². The number of benzene rings is 1. The van der Waals surface area contributed by atoms with E-state index in [9.17, 15) is 4.79 Å². The number of nitrogens with one attached hydrogen (secondary N) is 1. The highest BCUT2D eigenvalue weighted by Crippen LogP contribution is 2.34. The molecule has 0 aliphatic heterocycles. The standard InChI is InChI=1S/C16H22N2O/c1-18(11-10-16(19)17-13-7-8-13)15-9-6-12-4-2-3-5-14(12)15/h2-5,13,15H,6-11H2,1H3,(H,17,19)/t15-/m0/s1. The summed E-state index contributed by atoms with van der Waals surface area (Å²) in [6, 6.07) is 9.65. The molecule has 3 heteroatoms. The minimum absolute atomic E-state index is 0.209. The second-order valence-electron chi connectivity index (χ2n) is 5.83. The van der Waals surface area contributed by atoms with Crippen LogP contribution in [-0.4, -0.2) is 30.4 Å². The van der Waals surface area contributed by atoms with Gasteiger partial charge in [0.05, 0.1) is 0 Å². The quantitative estimate of drug-likeness (QED) is 0.878. The summed E-state index contributed by atoms with van der Waals surface area (Å²) in [5, 5.41) is 3.05. The molecule has 1 N–H and O–H groups in total. The van der Waals surface area contributed by atoms with Gasteiger partial charge in [-0.2, -0.15) is 0 Å². The van der Waals surface area contributed by atoms with E-state index in [0.717, 1.165) is 19.4 Å². The summed E-state index contributed by atoms with van der Waals surface area (Å²) >= 11 is 0. The maximum atomic E-state index is 11.7. The van der Waals surface area contributed by atoms with E-state index in [1.807, 2.05) is 0 Å². The molecule has 0 spiro atoms. The van der Waals surface area contributed by atoms with Crippen molar-refractivity contribution in [2.75, 3.05) is 13.6 Å². The Labute approximate surface area is 115 Å². The van der Waals surface area contributed by atoms with E-state index in [4.69, 9.17) is 0 Å². The van der Waals surface area contributed by atoms with Crippen molar-refractivity contribution < 1.29 is 4.79 Å². The summed E-state index contributed by atoms with van der Waals surface area (Å²) in [6.07, 6.45) is 5.29. The van der Waals surface area contributed by atoms with Crippen molar-refractivity contribution in [3.8, 4) is 0 Å². The van der Waals surface area contributed by atoms with Gasteiger partial charge in [0.2, 0.25) is 5.91 Å². The average Bonchev–Trinajstić information content (AvgIpc) is 3.12. The Morgan fingerprint density at radius 1 is 1.32 bits per heavy atom. The van der Waals surface area contributed by atoms with Crippen LogP contribution in [0.4, 0.5) is 0 Å². The van der Waals surface area contributed by atoms with Gasteiger partial charge in [0, 0.05) is 25.0 Å². The van der Waals surface area contributed by atoms with Crippen LogP contribution in [0.2, 0.25) is 0 Å². The number of aryl methyl sites for hydroxylation is 1. The smallest absolute Gasteiger partial charge is 0.221 e. The van der Waals surface area contributed by atoms with Crippen LogP contribution >= 0.6 is 0 Å². The summed E-state index contributed by atoms with van der Waals surface area (Å²) in [4.78, 5) is 14.1. The molecule has 0 saturated heterocycles. The third kappa shape index (κ3) is 2.98. The second kappa shape index (κ2) is 5.33. The maximum Gasteiger partial charge on any atom is 0.221 e. The van der Waals surface area contributed by atoms with Crippen molar-refractivity contribution in [3.63, 3.8) is 0 Å². The number of carbonyl (C=O) groups is 1. The van der Waals surface area contributed by atoms with Crippen LogP contribution < -0.4 is 5.32 Å². The number of carbonyl (C=O) groups excluding carboxylic acids is 1. The maximum absolute atomic E-state index is 11.7. The van der Waals surface area contributed by atoms with Crippen LogP contribution in [-0.2, 0) is 11.2 Å². The zero-order valence-electron chi connectivity index (χ0n) is 11.6. The average molecular weight is 258 g/mol. The molecule has 1 aromatic carbocycles. The van der Waals surface area contributed by atoms with Crippen molar-refractivity contribution in [3.05, 3.63) is 35.4 Å². The molecule has 3 nitrogen and oxygen atoms in total. The van der Waals surface area contributed by atoms with Crippen molar-refractivity contribution >= 4 is 5.91 Å². The molecule has 2 aliphatic rings. The molecular weight excluding hydrogens is 236 g/mol. The molecule has 1 saturated carbocycles. The van der Waals surface area contributed by atoms with E-state index in [2.05, 4.69) is 41.5 Å². The predicted octanol–water partition coefficient (Wildman–Crippen LogP) is 2.27. The number of hydrogen-bond acceptors (Lipinski definition) is 2. The number of rotatable bonds is 5. The van der Waals surface area contributed by atoms with Gasteiger partial charge in [0.1, 0.15) is 0 Å². The number of hydrogen-bond donors (Lipinski definition) is 1. The van der Waals surface area contributed by atoms with Crippen LogP contribution in [0.5, 0.6) is 0 Å². The van der Waals surface area contributed by atoms with Crippen molar-refractivity contribution in [1.82, 2.24) is 10.2 Å². The van der Waals surface area contributed by atoms with Gasteiger partial charge in [0.15, 0.2) is 0 Å². The van der Waals surface area contributed by atoms with Crippen LogP contribution in [0.3, 0.4) is 0 Å². The largest absolute Gasteiger partial charge is 0.353 e. The van der Waals surface area contributed by atoms with E-state index in [0.29, 0.717) is 18.5 Å². The van der Waals surface area contributed by atoms with E-state index in [1.54, 1.807) is 0 Å².